The maximum atomic E-state index is 13.5. The van der Waals surface area contributed by atoms with Gasteiger partial charge in [0, 0.05) is 42.1 Å². The number of benzene rings is 3. The Labute approximate surface area is 209 Å². The molecule has 6 heteroatoms. The van der Waals surface area contributed by atoms with Gasteiger partial charge in [0.2, 0.25) is 5.91 Å². The van der Waals surface area contributed by atoms with Crippen molar-refractivity contribution in [3.63, 3.8) is 0 Å². The number of hydrogen-bond acceptors (Lipinski definition) is 4. The van der Waals surface area contributed by atoms with E-state index in [1.54, 1.807) is 11.0 Å². The Hall–Kier alpha value is -3.77. The second-order valence-electron chi connectivity index (χ2n) is 8.71. The van der Waals surface area contributed by atoms with E-state index in [1.165, 1.54) is 11.3 Å². The zero-order chi connectivity index (χ0) is 24.2. The third-order valence-corrected chi connectivity index (χ3v) is 7.39. The standard InChI is InChI=1S/C29H27N3O2S/c1-2-17-32(29-30-26(20-35-29)22-10-4-3-5-11-22)27(33)23-15-18-31(19-16-23)28(34)25-14-8-12-21-9-6-7-13-24(21)25/h2-14,20,23H,1,15-19H2. The predicted octanol–water partition coefficient (Wildman–Crippen LogP) is 6.03. The first-order valence-corrected chi connectivity index (χ1v) is 12.7. The monoisotopic (exact) mass is 481 g/mol. The van der Waals surface area contributed by atoms with Gasteiger partial charge in [-0.15, -0.1) is 17.9 Å². The molecule has 1 aliphatic rings. The average molecular weight is 482 g/mol. The minimum absolute atomic E-state index is 0.0306. The molecule has 0 bridgehead atoms. The number of anilines is 1. The van der Waals surface area contributed by atoms with Gasteiger partial charge in [-0.05, 0) is 29.7 Å². The molecule has 0 N–H and O–H groups in total. The van der Waals surface area contributed by atoms with E-state index >= 15 is 0 Å². The molecule has 5 rings (SSSR count). The molecule has 0 radical (unpaired) electrons. The molecule has 0 saturated carbocycles. The lowest BCUT2D eigenvalue weighted by molar-refractivity contribution is -0.123. The van der Waals surface area contributed by atoms with Crippen LogP contribution in [0.15, 0.2) is 90.8 Å². The van der Waals surface area contributed by atoms with Crippen LogP contribution < -0.4 is 4.90 Å². The van der Waals surface area contributed by atoms with Gasteiger partial charge in [0.15, 0.2) is 5.13 Å². The van der Waals surface area contributed by atoms with Crippen LogP contribution in [0.25, 0.3) is 22.0 Å². The maximum absolute atomic E-state index is 13.5. The lowest BCUT2D eigenvalue weighted by Crippen LogP contribution is -2.44. The molecule has 0 unspecified atom stereocenters. The summed E-state index contributed by atoms with van der Waals surface area (Å²) in [6, 6.07) is 23.8. The van der Waals surface area contributed by atoms with Crippen LogP contribution in [0, 0.1) is 5.92 Å². The Morgan fingerprint density at radius 1 is 1.00 bits per heavy atom. The van der Waals surface area contributed by atoms with Gasteiger partial charge >= 0.3 is 0 Å². The van der Waals surface area contributed by atoms with Gasteiger partial charge in [0.1, 0.15) is 0 Å². The van der Waals surface area contributed by atoms with E-state index in [-0.39, 0.29) is 17.7 Å². The van der Waals surface area contributed by atoms with Crippen LogP contribution in [0.4, 0.5) is 5.13 Å². The molecular weight excluding hydrogens is 454 g/mol. The molecule has 0 atom stereocenters. The van der Waals surface area contributed by atoms with Crippen LogP contribution in [-0.2, 0) is 4.79 Å². The second-order valence-corrected chi connectivity index (χ2v) is 9.55. The Bertz CT molecular complexity index is 1350. The van der Waals surface area contributed by atoms with Gasteiger partial charge in [-0.3, -0.25) is 14.5 Å². The van der Waals surface area contributed by atoms with Gasteiger partial charge < -0.3 is 4.90 Å². The van der Waals surface area contributed by atoms with Gasteiger partial charge in [0.05, 0.1) is 5.69 Å². The molecule has 5 nitrogen and oxygen atoms in total. The summed E-state index contributed by atoms with van der Waals surface area (Å²) in [6.07, 6.45) is 3.01. The summed E-state index contributed by atoms with van der Waals surface area (Å²) in [4.78, 5) is 35.1. The molecule has 3 aromatic carbocycles. The molecule has 176 valence electrons. The molecule has 1 aromatic heterocycles. The molecule has 0 spiro atoms. The molecular formula is C29H27N3O2S. The van der Waals surface area contributed by atoms with Crippen molar-refractivity contribution >= 4 is 39.1 Å². The SMILES string of the molecule is C=CCN(C(=O)C1CCN(C(=O)c2cccc3ccccc23)CC1)c1nc(-c2ccccc2)cs1. The Morgan fingerprint density at radius 3 is 2.49 bits per heavy atom. The number of carbonyl (C=O) groups is 2. The fraction of sp³-hybridized carbons (Fsp3) is 0.207. The van der Waals surface area contributed by atoms with Crippen LogP contribution >= 0.6 is 11.3 Å². The van der Waals surface area contributed by atoms with E-state index in [0.717, 1.165) is 27.6 Å². The zero-order valence-electron chi connectivity index (χ0n) is 19.5. The van der Waals surface area contributed by atoms with Crippen molar-refractivity contribution in [3.8, 4) is 11.3 Å². The normalized spacial score (nSPS) is 14.1. The van der Waals surface area contributed by atoms with Gasteiger partial charge in [0.25, 0.3) is 5.91 Å². The number of piperidine rings is 1. The Morgan fingerprint density at radius 2 is 1.71 bits per heavy atom. The maximum Gasteiger partial charge on any atom is 0.254 e. The highest BCUT2D eigenvalue weighted by Gasteiger charge is 2.32. The van der Waals surface area contributed by atoms with Crippen molar-refractivity contribution in [2.75, 3.05) is 24.5 Å². The third-order valence-electron chi connectivity index (χ3n) is 6.52. The van der Waals surface area contributed by atoms with E-state index in [2.05, 4.69) is 6.58 Å². The third kappa shape index (κ3) is 4.75. The van der Waals surface area contributed by atoms with Crippen molar-refractivity contribution in [3.05, 3.63) is 96.4 Å². The summed E-state index contributed by atoms with van der Waals surface area (Å²) in [5.41, 5.74) is 2.61. The number of likely N-dealkylation sites (tertiary alicyclic amines) is 1. The Balaban J connectivity index is 1.28. The van der Waals surface area contributed by atoms with Crippen LogP contribution in [0.1, 0.15) is 23.2 Å². The zero-order valence-corrected chi connectivity index (χ0v) is 20.3. The van der Waals surface area contributed by atoms with Crippen LogP contribution in [-0.4, -0.2) is 41.3 Å². The van der Waals surface area contributed by atoms with Gasteiger partial charge in [-0.1, -0.05) is 72.8 Å². The number of thiazole rings is 1. The Kier molecular flexibility index (Phi) is 6.73. The summed E-state index contributed by atoms with van der Waals surface area (Å²) in [5.74, 6) is -0.0604. The topological polar surface area (TPSA) is 53.5 Å². The van der Waals surface area contributed by atoms with Crippen molar-refractivity contribution in [1.82, 2.24) is 9.88 Å². The minimum Gasteiger partial charge on any atom is -0.339 e. The molecule has 1 saturated heterocycles. The number of carbonyl (C=O) groups excluding carboxylic acids is 2. The van der Waals surface area contributed by atoms with Gasteiger partial charge in [-0.25, -0.2) is 4.98 Å². The van der Waals surface area contributed by atoms with Crippen molar-refractivity contribution in [2.45, 2.75) is 12.8 Å². The summed E-state index contributed by atoms with van der Waals surface area (Å²) in [5, 5.41) is 4.69. The van der Waals surface area contributed by atoms with Crippen molar-refractivity contribution < 1.29 is 9.59 Å². The highest BCUT2D eigenvalue weighted by molar-refractivity contribution is 7.14. The molecule has 1 fully saturated rings. The number of aromatic nitrogens is 1. The summed E-state index contributed by atoms with van der Waals surface area (Å²) >= 11 is 1.47. The lowest BCUT2D eigenvalue weighted by Gasteiger charge is -2.33. The average Bonchev–Trinajstić information content (AvgIpc) is 3.41. The smallest absolute Gasteiger partial charge is 0.254 e. The first-order valence-electron chi connectivity index (χ1n) is 11.9. The first kappa shape index (κ1) is 23.0. The number of nitrogens with zero attached hydrogens (tertiary/aromatic N) is 3. The van der Waals surface area contributed by atoms with Crippen LogP contribution in [0.3, 0.4) is 0 Å². The highest BCUT2D eigenvalue weighted by atomic mass is 32.1. The molecule has 4 aromatic rings. The molecule has 2 amide bonds. The molecule has 35 heavy (non-hydrogen) atoms. The largest absolute Gasteiger partial charge is 0.339 e. The van der Waals surface area contributed by atoms with E-state index in [9.17, 15) is 9.59 Å². The van der Waals surface area contributed by atoms with Crippen LogP contribution in [0.5, 0.6) is 0 Å². The molecule has 2 heterocycles. The van der Waals surface area contributed by atoms with E-state index in [4.69, 9.17) is 4.98 Å². The van der Waals surface area contributed by atoms with Crippen LogP contribution in [0.2, 0.25) is 0 Å². The summed E-state index contributed by atoms with van der Waals surface area (Å²) in [7, 11) is 0. The second kappa shape index (κ2) is 10.2. The molecule has 0 aliphatic carbocycles. The lowest BCUT2D eigenvalue weighted by atomic mass is 9.94. The number of fused-ring (bicyclic) bond motifs is 1. The fourth-order valence-corrected chi connectivity index (χ4v) is 5.50. The predicted molar refractivity (Wildman–Crippen MR) is 143 cm³/mol. The number of hydrogen-bond donors (Lipinski definition) is 0. The molecule has 1 aliphatic heterocycles. The van der Waals surface area contributed by atoms with E-state index in [0.29, 0.717) is 37.6 Å². The number of rotatable bonds is 6. The summed E-state index contributed by atoms with van der Waals surface area (Å²) < 4.78 is 0. The quantitative estimate of drug-likeness (QED) is 0.316. The van der Waals surface area contributed by atoms with Gasteiger partial charge in [-0.2, -0.15) is 0 Å². The summed E-state index contributed by atoms with van der Waals surface area (Å²) in [6.45, 7) is 5.38. The van der Waals surface area contributed by atoms with Crippen molar-refractivity contribution in [2.24, 2.45) is 5.92 Å². The van der Waals surface area contributed by atoms with E-state index in [1.807, 2.05) is 83.1 Å². The highest BCUT2D eigenvalue weighted by Crippen LogP contribution is 2.30. The van der Waals surface area contributed by atoms with Crippen molar-refractivity contribution in [1.29, 1.82) is 0 Å². The number of amides is 2. The first-order chi connectivity index (χ1) is 17.2. The minimum atomic E-state index is -0.143. The van der Waals surface area contributed by atoms with E-state index < -0.39 is 0 Å². The fourth-order valence-electron chi connectivity index (χ4n) is 4.65.